The Labute approximate surface area is 105 Å². The fourth-order valence-corrected chi connectivity index (χ4v) is 3.05. The van der Waals surface area contributed by atoms with Gasteiger partial charge in [-0.05, 0) is 24.6 Å². The van der Waals surface area contributed by atoms with Crippen LogP contribution in [0.3, 0.4) is 0 Å². The summed E-state index contributed by atoms with van der Waals surface area (Å²) in [7, 11) is -3.13. The molecule has 1 aliphatic heterocycles. The van der Waals surface area contributed by atoms with Gasteiger partial charge in [-0.1, -0.05) is 6.07 Å². The van der Waals surface area contributed by atoms with Crippen molar-refractivity contribution in [3.8, 4) is 0 Å². The predicted octanol–water partition coefficient (Wildman–Crippen LogP) is 1.08. The minimum atomic E-state index is -3.13. The van der Waals surface area contributed by atoms with Crippen LogP contribution in [0.1, 0.15) is 16.8 Å². The standard InChI is InChI=1S/C12H14FNO3S/c1-18(16,17)11-5-6-14(8-11)12(15)9-3-2-4-10(13)7-9/h2-4,7,11H,5-6,8H2,1H3. The molecule has 4 nitrogen and oxygen atoms in total. The first kappa shape index (κ1) is 13.0. The number of amides is 1. The van der Waals surface area contributed by atoms with E-state index >= 15 is 0 Å². The van der Waals surface area contributed by atoms with E-state index in [9.17, 15) is 17.6 Å². The number of rotatable bonds is 2. The number of nitrogens with zero attached hydrogens (tertiary/aromatic N) is 1. The first-order chi connectivity index (χ1) is 8.38. The number of carbonyl (C=O) groups excluding carboxylic acids is 1. The van der Waals surface area contributed by atoms with E-state index in [0.29, 0.717) is 13.0 Å². The Morgan fingerprint density at radius 2 is 2.17 bits per heavy atom. The van der Waals surface area contributed by atoms with Crippen LogP contribution in [0.15, 0.2) is 24.3 Å². The molecule has 1 aliphatic rings. The van der Waals surface area contributed by atoms with Crippen LogP contribution in [0.4, 0.5) is 4.39 Å². The molecule has 0 aliphatic carbocycles. The Kier molecular flexibility index (Phi) is 3.38. The summed E-state index contributed by atoms with van der Waals surface area (Å²) in [6.07, 6.45) is 1.62. The summed E-state index contributed by atoms with van der Waals surface area (Å²) in [5, 5.41) is -0.505. The highest BCUT2D eigenvalue weighted by atomic mass is 32.2. The van der Waals surface area contributed by atoms with Crippen molar-refractivity contribution in [2.75, 3.05) is 19.3 Å². The van der Waals surface area contributed by atoms with E-state index in [-0.39, 0.29) is 18.0 Å². The molecule has 0 aromatic heterocycles. The maximum atomic E-state index is 13.0. The Bertz CT molecular complexity index is 570. The minimum Gasteiger partial charge on any atom is -0.337 e. The molecular formula is C12H14FNO3S. The third-order valence-electron chi connectivity index (χ3n) is 3.11. The zero-order valence-electron chi connectivity index (χ0n) is 9.97. The van der Waals surface area contributed by atoms with Gasteiger partial charge in [0.1, 0.15) is 5.82 Å². The lowest BCUT2D eigenvalue weighted by molar-refractivity contribution is 0.0792. The molecule has 1 fully saturated rings. The zero-order valence-corrected chi connectivity index (χ0v) is 10.8. The molecule has 18 heavy (non-hydrogen) atoms. The minimum absolute atomic E-state index is 0.189. The van der Waals surface area contributed by atoms with E-state index in [0.717, 1.165) is 6.07 Å². The van der Waals surface area contributed by atoms with E-state index in [1.807, 2.05) is 0 Å². The van der Waals surface area contributed by atoms with Gasteiger partial charge in [0.05, 0.1) is 5.25 Å². The molecule has 0 saturated carbocycles. The Balaban J connectivity index is 2.13. The molecular weight excluding hydrogens is 257 g/mol. The lowest BCUT2D eigenvalue weighted by Gasteiger charge is -2.16. The van der Waals surface area contributed by atoms with Crippen LogP contribution in [0.2, 0.25) is 0 Å². The van der Waals surface area contributed by atoms with Crippen molar-refractivity contribution in [2.24, 2.45) is 0 Å². The molecule has 1 unspecified atom stereocenters. The normalized spacial score (nSPS) is 20.1. The number of hydrogen-bond acceptors (Lipinski definition) is 3. The average molecular weight is 271 g/mol. The summed E-state index contributed by atoms with van der Waals surface area (Å²) in [4.78, 5) is 13.5. The van der Waals surface area contributed by atoms with E-state index in [1.165, 1.54) is 29.4 Å². The molecule has 1 aromatic rings. The number of halogens is 1. The first-order valence-electron chi connectivity index (χ1n) is 5.61. The summed E-state index contributed by atoms with van der Waals surface area (Å²) in [6, 6.07) is 5.42. The van der Waals surface area contributed by atoms with Crippen molar-refractivity contribution in [1.29, 1.82) is 0 Å². The van der Waals surface area contributed by atoms with Gasteiger partial charge >= 0.3 is 0 Å². The summed E-state index contributed by atoms with van der Waals surface area (Å²) < 4.78 is 35.8. The molecule has 0 bridgehead atoms. The van der Waals surface area contributed by atoms with E-state index in [2.05, 4.69) is 0 Å². The Morgan fingerprint density at radius 1 is 1.44 bits per heavy atom. The summed E-state index contributed by atoms with van der Waals surface area (Å²) >= 11 is 0. The molecule has 1 amide bonds. The van der Waals surface area contributed by atoms with Gasteiger partial charge in [0, 0.05) is 24.9 Å². The Morgan fingerprint density at radius 3 is 2.72 bits per heavy atom. The van der Waals surface area contributed by atoms with Gasteiger partial charge in [-0.15, -0.1) is 0 Å². The number of hydrogen-bond donors (Lipinski definition) is 0. The van der Waals surface area contributed by atoms with Crippen LogP contribution >= 0.6 is 0 Å². The second-order valence-electron chi connectivity index (χ2n) is 4.50. The smallest absolute Gasteiger partial charge is 0.253 e. The maximum Gasteiger partial charge on any atom is 0.253 e. The van der Waals surface area contributed by atoms with Gasteiger partial charge in [-0.25, -0.2) is 12.8 Å². The Hall–Kier alpha value is -1.43. The highest BCUT2D eigenvalue weighted by Gasteiger charge is 2.32. The molecule has 1 aromatic carbocycles. The van der Waals surface area contributed by atoms with Gasteiger partial charge in [-0.3, -0.25) is 4.79 Å². The average Bonchev–Trinajstić information content (AvgIpc) is 2.77. The maximum absolute atomic E-state index is 13.0. The molecule has 1 heterocycles. The molecule has 0 spiro atoms. The van der Waals surface area contributed by atoms with Crippen molar-refractivity contribution in [1.82, 2.24) is 4.90 Å². The van der Waals surface area contributed by atoms with Gasteiger partial charge < -0.3 is 4.90 Å². The lowest BCUT2D eigenvalue weighted by atomic mass is 10.2. The van der Waals surface area contributed by atoms with Crippen molar-refractivity contribution in [3.05, 3.63) is 35.6 Å². The van der Waals surface area contributed by atoms with Gasteiger partial charge in [-0.2, -0.15) is 0 Å². The second kappa shape index (κ2) is 4.68. The highest BCUT2D eigenvalue weighted by molar-refractivity contribution is 7.91. The second-order valence-corrected chi connectivity index (χ2v) is 6.83. The van der Waals surface area contributed by atoms with Crippen molar-refractivity contribution >= 4 is 15.7 Å². The largest absolute Gasteiger partial charge is 0.337 e. The highest BCUT2D eigenvalue weighted by Crippen LogP contribution is 2.18. The quantitative estimate of drug-likeness (QED) is 0.809. The molecule has 0 radical (unpaired) electrons. The van der Waals surface area contributed by atoms with Gasteiger partial charge in [0.2, 0.25) is 0 Å². The molecule has 6 heteroatoms. The fourth-order valence-electron chi connectivity index (χ4n) is 2.07. The van der Waals surface area contributed by atoms with Crippen LogP contribution in [-0.4, -0.2) is 43.8 Å². The van der Waals surface area contributed by atoms with E-state index in [4.69, 9.17) is 0 Å². The predicted molar refractivity (Wildman–Crippen MR) is 65.6 cm³/mol. The monoisotopic (exact) mass is 271 g/mol. The summed E-state index contributed by atoms with van der Waals surface area (Å²) in [6.45, 7) is 0.585. The molecule has 0 N–H and O–H groups in total. The number of benzene rings is 1. The van der Waals surface area contributed by atoms with Crippen molar-refractivity contribution in [2.45, 2.75) is 11.7 Å². The zero-order chi connectivity index (χ0) is 13.3. The molecule has 1 atom stereocenters. The first-order valence-corrected chi connectivity index (χ1v) is 7.57. The van der Waals surface area contributed by atoms with E-state index in [1.54, 1.807) is 0 Å². The van der Waals surface area contributed by atoms with Crippen LogP contribution < -0.4 is 0 Å². The SMILES string of the molecule is CS(=O)(=O)C1CCN(C(=O)c2cccc(F)c2)C1. The number of sulfone groups is 1. The van der Waals surface area contributed by atoms with Gasteiger partial charge in [0.15, 0.2) is 9.84 Å². The van der Waals surface area contributed by atoms with Crippen LogP contribution in [0.5, 0.6) is 0 Å². The number of likely N-dealkylation sites (tertiary alicyclic amines) is 1. The van der Waals surface area contributed by atoms with Crippen LogP contribution in [0.25, 0.3) is 0 Å². The van der Waals surface area contributed by atoms with Crippen molar-refractivity contribution < 1.29 is 17.6 Å². The van der Waals surface area contributed by atoms with E-state index < -0.39 is 20.9 Å². The fraction of sp³-hybridized carbons (Fsp3) is 0.417. The summed E-state index contributed by atoms with van der Waals surface area (Å²) in [5.41, 5.74) is 0.254. The number of carbonyl (C=O) groups is 1. The lowest BCUT2D eigenvalue weighted by Crippen LogP contribution is -2.31. The topological polar surface area (TPSA) is 54.5 Å². The van der Waals surface area contributed by atoms with Crippen molar-refractivity contribution in [3.63, 3.8) is 0 Å². The third-order valence-corrected chi connectivity index (χ3v) is 4.71. The van der Waals surface area contributed by atoms with Crippen LogP contribution in [-0.2, 0) is 9.84 Å². The van der Waals surface area contributed by atoms with Gasteiger partial charge in [0.25, 0.3) is 5.91 Å². The third kappa shape index (κ3) is 2.69. The van der Waals surface area contributed by atoms with Crippen LogP contribution in [0, 0.1) is 5.82 Å². The molecule has 2 rings (SSSR count). The summed E-state index contributed by atoms with van der Waals surface area (Å²) in [5.74, 6) is -0.791. The molecule has 1 saturated heterocycles. The molecule has 98 valence electrons.